The molecular weight excluding hydrogens is 272 g/mol. The highest BCUT2D eigenvalue weighted by Crippen LogP contribution is 2.28. The Morgan fingerprint density at radius 1 is 1.40 bits per heavy atom. The van der Waals surface area contributed by atoms with Crippen LogP contribution < -0.4 is 10.1 Å². The molecule has 2 heterocycles. The van der Waals surface area contributed by atoms with Crippen molar-refractivity contribution in [3.63, 3.8) is 0 Å². The third-order valence-corrected chi connectivity index (χ3v) is 5.09. The van der Waals surface area contributed by atoms with Crippen LogP contribution in [0.4, 0.5) is 0 Å². The summed E-state index contributed by atoms with van der Waals surface area (Å²) in [6, 6.07) is 2.43. The second kappa shape index (κ2) is 6.14. The summed E-state index contributed by atoms with van der Waals surface area (Å²) in [6.45, 7) is 2.89. The lowest BCUT2D eigenvalue weighted by Gasteiger charge is -2.32. The number of nitrogens with zero attached hydrogens (tertiary/aromatic N) is 1. The molecule has 1 saturated carbocycles. The Morgan fingerprint density at radius 3 is 2.75 bits per heavy atom. The zero-order chi connectivity index (χ0) is 13.9. The van der Waals surface area contributed by atoms with Crippen LogP contribution in [0, 0.1) is 5.92 Å². The highest BCUT2D eigenvalue weighted by Gasteiger charge is 2.26. The first kappa shape index (κ1) is 13.9. The molecule has 0 radical (unpaired) electrons. The molecule has 2 aliphatic rings. The van der Waals surface area contributed by atoms with E-state index in [2.05, 4.69) is 5.32 Å². The molecule has 1 saturated heterocycles. The van der Waals surface area contributed by atoms with Gasteiger partial charge in [-0.2, -0.15) is 0 Å². The Kier molecular flexibility index (Phi) is 4.27. The van der Waals surface area contributed by atoms with Crippen molar-refractivity contribution >= 4 is 17.2 Å². The maximum atomic E-state index is 12.4. The summed E-state index contributed by atoms with van der Waals surface area (Å²) in [5, 5.41) is 5.53. The Morgan fingerprint density at radius 2 is 2.15 bits per heavy atom. The molecule has 1 aromatic heterocycles. The molecule has 20 heavy (non-hydrogen) atoms. The molecule has 0 spiro atoms. The van der Waals surface area contributed by atoms with Crippen LogP contribution in [0.3, 0.4) is 0 Å². The fourth-order valence-electron chi connectivity index (χ4n) is 2.64. The number of nitrogens with one attached hydrogen (secondary N) is 1. The van der Waals surface area contributed by atoms with Crippen LogP contribution in [-0.2, 0) is 0 Å². The number of likely N-dealkylation sites (tertiary alicyclic amines) is 1. The van der Waals surface area contributed by atoms with Gasteiger partial charge in [-0.05, 0) is 38.1 Å². The van der Waals surface area contributed by atoms with E-state index < -0.39 is 0 Å². The predicted octanol–water partition coefficient (Wildman–Crippen LogP) is 2.36. The van der Waals surface area contributed by atoms with E-state index in [0.29, 0.717) is 6.04 Å². The minimum atomic E-state index is 0.152. The van der Waals surface area contributed by atoms with Gasteiger partial charge in [-0.15, -0.1) is 11.3 Å². The van der Waals surface area contributed by atoms with Gasteiger partial charge < -0.3 is 15.0 Å². The van der Waals surface area contributed by atoms with Crippen LogP contribution in [0.15, 0.2) is 11.4 Å². The number of amides is 1. The Bertz CT molecular complexity index is 462. The highest BCUT2D eigenvalue weighted by molar-refractivity contribution is 7.12. The molecule has 1 amide bonds. The normalized spacial score (nSPS) is 20.1. The molecule has 1 aliphatic carbocycles. The van der Waals surface area contributed by atoms with Gasteiger partial charge in [-0.3, -0.25) is 4.79 Å². The van der Waals surface area contributed by atoms with Gasteiger partial charge in [-0.1, -0.05) is 0 Å². The fourth-order valence-corrected chi connectivity index (χ4v) is 3.46. The molecule has 0 aromatic carbocycles. The highest BCUT2D eigenvalue weighted by atomic mass is 32.1. The number of ether oxygens (including phenoxy) is 1. The van der Waals surface area contributed by atoms with Gasteiger partial charge in [0, 0.05) is 30.6 Å². The van der Waals surface area contributed by atoms with Crippen LogP contribution in [-0.4, -0.2) is 43.6 Å². The summed E-state index contributed by atoms with van der Waals surface area (Å²) in [7, 11) is 1.63. The minimum Gasteiger partial charge on any atom is -0.496 e. The fraction of sp³-hybridized carbons (Fsp3) is 0.667. The number of methoxy groups -OCH3 is 1. The first-order chi connectivity index (χ1) is 9.76. The topological polar surface area (TPSA) is 41.6 Å². The quantitative estimate of drug-likeness (QED) is 0.906. The first-order valence-corrected chi connectivity index (χ1v) is 8.29. The lowest BCUT2D eigenvalue weighted by atomic mass is 10.0. The third kappa shape index (κ3) is 3.33. The van der Waals surface area contributed by atoms with Crippen molar-refractivity contribution in [2.24, 2.45) is 5.92 Å². The summed E-state index contributed by atoms with van der Waals surface area (Å²) >= 11 is 1.47. The average Bonchev–Trinajstić information content (AvgIpc) is 3.20. The van der Waals surface area contributed by atoms with Gasteiger partial charge in [0.1, 0.15) is 5.75 Å². The van der Waals surface area contributed by atoms with E-state index >= 15 is 0 Å². The largest absolute Gasteiger partial charge is 0.496 e. The molecule has 110 valence electrons. The van der Waals surface area contributed by atoms with Crippen LogP contribution in [0.2, 0.25) is 0 Å². The third-order valence-electron chi connectivity index (χ3n) is 4.20. The second-order valence-corrected chi connectivity index (χ2v) is 6.68. The van der Waals surface area contributed by atoms with Gasteiger partial charge >= 0.3 is 0 Å². The monoisotopic (exact) mass is 294 g/mol. The zero-order valence-corrected chi connectivity index (χ0v) is 12.7. The van der Waals surface area contributed by atoms with Gasteiger partial charge in [0.05, 0.1) is 12.0 Å². The SMILES string of the molecule is COc1csc(C(=O)N2CCC(NCC3CC3)CC2)c1. The number of carbonyl (C=O) groups excluding carboxylic acids is 1. The molecule has 1 N–H and O–H groups in total. The van der Waals surface area contributed by atoms with Crippen molar-refractivity contribution in [3.8, 4) is 5.75 Å². The van der Waals surface area contributed by atoms with E-state index in [9.17, 15) is 4.79 Å². The number of hydrogen-bond acceptors (Lipinski definition) is 4. The van der Waals surface area contributed by atoms with Crippen molar-refractivity contribution < 1.29 is 9.53 Å². The van der Waals surface area contributed by atoms with E-state index in [0.717, 1.165) is 42.5 Å². The van der Waals surface area contributed by atoms with Crippen LogP contribution >= 0.6 is 11.3 Å². The standard InChI is InChI=1S/C15H22N2O2S/c1-19-13-8-14(20-10-13)15(18)17-6-4-12(5-7-17)16-9-11-2-3-11/h8,10-12,16H,2-7,9H2,1H3. The summed E-state index contributed by atoms with van der Waals surface area (Å²) in [6.07, 6.45) is 4.93. The molecule has 0 unspecified atom stereocenters. The van der Waals surface area contributed by atoms with Gasteiger partial charge in [0.15, 0.2) is 0 Å². The predicted molar refractivity (Wildman–Crippen MR) is 80.5 cm³/mol. The number of piperidine rings is 1. The minimum absolute atomic E-state index is 0.152. The smallest absolute Gasteiger partial charge is 0.264 e. The maximum absolute atomic E-state index is 12.4. The lowest BCUT2D eigenvalue weighted by molar-refractivity contribution is 0.0709. The van der Waals surface area contributed by atoms with E-state index in [1.165, 1.54) is 30.7 Å². The van der Waals surface area contributed by atoms with E-state index in [1.54, 1.807) is 7.11 Å². The molecule has 1 aromatic rings. The molecule has 2 fully saturated rings. The molecule has 3 rings (SSSR count). The summed E-state index contributed by atoms with van der Waals surface area (Å²) in [4.78, 5) is 15.1. The Hall–Kier alpha value is -1.07. The molecular formula is C15H22N2O2S. The van der Waals surface area contributed by atoms with Gasteiger partial charge in [0.2, 0.25) is 0 Å². The van der Waals surface area contributed by atoms with Crippen molar-refractivity contribution in [2.45, 2.75) is 31.7 Å². The lowest BCUT2D eigenvalue weighted by Crippen LogP contribution is -2.45. The Labute approximate surface area is 124 Å². The van der Waals surface area contributed by atoms with E-state index in [1.807, 2.05) is 16.3 Å². The zero-order valence-electron chi connectivity index (χ0n) is 11.9. The summed E-state index contributed by atoms with van der Waals surface area (Å²) in [5.41, 5.74) is 0. The molecule has 4 nitrogen and oxygen atoms in total. The van der Waals surface area contributed by atoms with Crippen molar-refractivity contribution in [2.75, 3.05) is 26.7 Å². The number of thiophene rings is 1. The molecule has 5 heteroatoms. The molecule has 1 aliphatic heterocycles. The number of hydrogen-bond donors (Lipinski definition) is 1. The van der Waals surface area contributed by atoms with Crippen molar-refractivity contribution in [3.05, 3.63) is 16.3 Å². The summed E-state index contributed by atoms with van der Waals surface area (Å²) < 4.78 is 5.14. The average molecular weight is 294 g/mol. The van der Waals surface area contributed by atoms with Gasteiger partial charge in [0.25, 0.3) is 5.91 Å². The van der Waals surface area contributed by atoms with E-state index in [-0.39, 0.29) is 5.91 Å². The van der Waals surface area contributed by atoms with E-state index in [4.69, 9.17) is 4.74 Å². The number of carbonyl (C=O) groups is 1. The maximum Gasteiger partial charge on any atom is 0.264 e. The Balaban J connectivity index is 1.47. The molecule has 0 bridgehead atoms. The second-order valence-electron chi connectivity index (χ2n) is 5.77. The first-order valence-electron chi connectivity index (χ1n) is 7.41. The molecule has 0 atom stereocenters. The summed E-state index contributed by atoms with van der Waals surface area (Å²) in [5.74, 6) is 1.85. The van der Waals surface area contributed by atoms with Gasteiger partial charge in [-0.25, -0.2) is 0 Å². The van der Waals surface area contributed by atoms with Crippen LogP contribution in [0.25, 0.3) is 0 Å². The van der Waals surface area contributed by atoms with Crippen molar-refractivity contribution in [1.82, 2.24) is 10.2 Å². The number of rotatable bonds is 5. The van der Waals surface area contributed by atoms with Crippen molar-refractivity contribution in [1.29, 1.82) is 0 Å². The van der Waals surface area contributed by atoms with Crippen LogP contribution in [0.5, 0.6) is 5.75 Å². The van der Waals surface area contributed by atoms with Crippen LogP contribution in [0.1, 0.15) is 35.4 Å².